The summed E-state index contributed by atoms with van der Waals surface area (Å²) in [6.07, 6.45) is 0. The molecule has 0 aliphatic carbocycles. The SMILES string of the molecule is CCOc1ccc2nc(SCc3ccccc3)sc2c1. The first-order valence-electron chi connectivity index (χ1n) is 6.55. The van der Waals surface area contributed by atoms with Crippen LogP contribution in [0.4, 0.5) is 0 Å². The van der Waals surface area contributed by atoms with Crippen LogP contribution in [0.1, 0.15) is 12.5 Å². The summed E-state index contributed by atoms with van der Waals surface area (Å²) in [4.78, 5) is 4.65. The first kappa shape index (κ1) is 13.5. The van der Waals surface area contributed by atoms with Gasteiger partial charge in [0.2, 0.25) is 0 Å². The van der Waals surface area contributed by atoms with Crippen LogP contribution in [-0.2, 0) is 5.75 Å². The van der Waals surface area contributed by atoms with E-state index in [1.165, 1.54) is 10.3 Å². The number of benzene rings is 2. The molecule has 2 aromatic carbocycles. The Labute approximate surface area is 126 Å². The van der Waals surface area contributed by atoms with E-state index >= 15 is 0 Å². The third-order valence-electron chi connectivity index (χ3n) is 2.86. The summed E-state index contributed by atoms with van der Waals surface area (Å²) in [5.41, 5.74) is 2.38. The zero-order chi connectivity index (χ0) is 13.8. The third kappa shape index (κ3) is 3.14. The summed E-state index contributed by atoms with van der Waals surface area (Å²) in [7, 11) is 0. The van der Waals surface area contributed by atoms with Gasteiger partial charge in [0.15, 0.2) is 4.34 Å². The van der Waals surface area contributed by atoms with Crippen LogP contribution in [0.25, 0.3) is 10.2 Å². The largest absolute Gasteiger partial charge is 0.494 e. The maximum atomic E-state index is 5.52. The molecule has 0 fully saturated rings. The number of aromatic nitrogens is 1. The van der Waals surface area contributed by atoms with Gasteiger partial charge in [-0.15, -0.1) is 11.3 Å². The van der Waals surface area contributed by atoms with Gasteiger partial charge in [0.1, 0.15) is 5.75 Å². The Morgan fingerprint density at radius 3 is 2.80 bits per heavy atom. The van der Waals surface area contributed by atoms with Gasteiger partial charge in [0.05, 0.1) is 16.8 Å². The lowest BCUT2D eigenvalue weighted by atomic mass is 10.2. The molecule has 20 heavy (non-hydrogen) atoms. The molecule has 0 aliphatic rings. The molecule has 0 radical (unpaired) electrons. The van der Waals surface area contributed by atoms with Crippen molar-refractivity contribution in [2.24, 2.45) is 0 Å². The summed E-state index contributed by atoms with van der Waals surface area (Å²) in [5, 5.41) is 0. The van der Waals surface area contributed by atoms with Gasteiger partial charge in [-0.1, -0.05) is 42.1 Å². The number of ether oxygens (including phenoxy) is 1. The van der Waals surface area contributed by atoms with E-state index in [1.807, 2.05) is 25.1 Å². The van der Waals surface area contributed by atoms with Crippen LogP contribution in [0, 0.1) is 0 Å². The Morgan fingerprint density at radius 1 is 1.15 bits per heavy atom. The average molecular weight is 301 g/mol. The number of thiazole rings is 1. The van der Waals surface area contributed by atoms with Gasteiger partial charge in [-0.05, 0) is 30.7 Å². The van der Waals surface area contributed by atoms with Crippen molar-refractivity contribution in [3.63, 3.8) is 0 Å². The minimum atomic E-state index is 0.694. The van der Waals surface area contributed by atoms with Crippen LogP contribution in [0.5, 0.6) is 5.75 Å². The smallest absolute Gasteiger partial charge is 0.151 e. The second-order valence-electron chi connectivity index (χ2n) is 4.32. The summed E-state index contributed by atoms with van der Waals surface area (Å²) >= 11 is 3.51. The van der Waals surface area contributed by atoms with Gasteiger partial charge in [0.25, 0.3) is 0 Å². The van der Waals surface area contributed by atoms with Crippen molar-refractivity contribution in [3.05, 3.63) is 54.1 Å². The summed E-state index contributed by atoms with van der Waals surface area (Å²) < 4.78 is 7.82. The molecule has 4 heteroatoms. The lowest BCUT2D eigenvalue weighted by molar-refractivity contribution is 0.341. The van der Waals surface area contributed by atoms with Crippen molar-refractivity contribution >= 4 is 33.3 Å². The number of hydrogen-bond donors (Lipinski definition) is 0. The molecule has 1 aromatic heterocycles. The first-order valence-corrected chi connectivity index (χ1v) is 8.35. The zero-order valence-electron chi connectivity index (χ0n) is 11.2. The van der Waals surface area contributed by atoms with Crippen molar-refractivity contribution in [2.45, 2.75) is 17.0 Å². The minimum Gasteiger partial charge on any atom is -0.494 e. The Balaban J connectivity index is 1.75. The summed E-state index contributed by atoms with van der Waals surface area (Å²) in [5.74, 6) is 1.88. The number of thioether (sulfide) groups is 1. The van der Waals surface area contributed by atoms with Crippen LogP contribution in [0.2, 0.25) is 0 Å². The molecular weight excluding hydrogens is 286 g/mol. The fourth-order valence-corrected chi connectivity index (χ4v) is 3.97. The molecule has 2 nitrogen and oxygen atoms in total. The molecule has 3 aromatic rings. The van der Waals surface area contributed by atoms with Gasteiger partial charge in [-0.25, -0.2) is 4.98 Å². The Morgan fingerprint density at radius 2 is 2.00 bits per heavy atom. The highest BCUT2D eigenvalue weighted by atomic mass is 32.2. The monoisotopic (exact) mass is 301 g/mol. The van der Waals surface area contributed by atoms with E-state index < -0.39 is 0 Å². The molecule has 0 spiro atoms. The lowest BCUT2D eigenvalue weighted by Crippen LogP contribution is -1.89. The minimum absolute atomic E-state index is 0.694. The quantitative estimate of drug-likeness (QED) is 0.620. The van der Waals surface area contributed by atoms with E-state index in [9.17, 15) is 0 Å². The molecule has 3 rings (SSSR count). The van der Waals surface area contributed by atoms with Gasteiger partial charge < -0.3 is 4.74 Å². The van der Waals surface area contributed by atoms with Crippen molar-refractivity contribution in [1.82, 2.24) is 4.98 Å². The van der Waals surface area contributed by atoms with Crippen LogP contribution in [0.15, 0.2) is 52.9 Å². The highest BCUT2D eigenvalue weighted by Crippen LogP contribution is 2.33. The van der Waals surface area contributed by atoms with Crippen molar-refractivity contribution < 1.29 is 4.74 Å². The van der Waals surface area contributed by atoms with Crippen molar-refractivity contribution in [2.75, 3.05) is 6.61 Å². The topological polar surface area (TPSA) is 22.1 Å². The van der Waals surface area contributed by atoms with E-state index in [4.69, 9.17) is 4.74 Å². The Hall–Kier alpha value is -1.52. The maximum Gasteiger partial charge on any atom is 0.151 e. The number of hydrogen-bond acceptors (Lipinski definition) is 4. The van der Waals surface area contributed by atoms with Gasteiger partial charge >= 0.3 is 0 Å². The van der Waals surface area contributed by atoms with Crippen LogP contribution < -0.4 is 4.74 Å². The number of rotatable bonds is 5. The fraction of sp³-hybridized carbons (Fsp3) is 0.188. The third-order valence-corrected chi connectivity index (χ3v) is 5.09. The number of nitrogens with zero attached hydrogens (tertiary/aromatic N) is 1. The van der Waals surface area contributed by atoms with Gasteiger partial charge in [0, 0.05) is 5.75 Å². The van der Waals surface area contributed by atoms with E-state index in [1.54, 1.807) is 23.1 Å². The average Bonchev–Trinajstić information content (AvgIpc) is 2.89. The molecule has 0 amide bonds. The molecule has 0 saturated carbocycles. The van der Waals surface area contributed by atoms with Crippen molar-refractivity contribution in [3.8, 4) is 5.75 Å². The van der Waals surface area contributed by atoms with Gasteiger partial charge in [-0.3, -0.25) is 0 Å². The molecule has 0 N–H and O–H groups in total. The second-order valence-corrected chi connectivity index (χ2v) is 6.57. The molecule has 102 valence electrons. The van der Waals surface area contributed by atoms with Crippen LogP contribution in [0.3, 0.4) is 0 Å². The number of fused-ring (bicyclic) bond motifs is 1. The predicted octanol–water partition coefficient (Wildman–Crippen LogP) is 4.99. The molecule has 0 unspecified atom stereocenters. The molecule has 0 aliphatic heterocycles. The second kappa shape index (κ2) is 6.29. The van der Waals surface area contributed by atoms with E-state index in [0.717, 1.165) is 21.4 Å². The molecule has 0 atom stereocenters. The Kier molecular flexibility index (Phi) is 4.23. The highest BCUT2D eigenvalue weighted by molar-refractivity contribution is 8.00. The fourth-order valence-electron chi connectivity index (χ4n) is 1.92. The molecule has 0 saturated heterocycles. The first-order chi connectivity index (χ1) is 9.85. The summed E-state index contributed by atoms with van der Waals surface area (Å²) in [6.45, 7) is 2.69. The highest BCUT2D eigenvalue weighted by Gasteiger charge is 2.06. The maximum absolute atomic E-state index is 5.52. The van der Waals surface area contributed by atoms with Crippen molar-refractivity contribution in [1.29, 1.82) is 0 Å². The zero-order valence-corrected chi connectivity index (χ0v) is 12.8. The molecule has 0 bridgehead atoms. The van der Waals surface area contributed by atoms with Gasteiger partial charge in [-0.2, -0.15) is 0 Å². The van der Waals surface area contributed by atoms with E-state index in [0.29, 0.717) is 6.61 Å². The summed E-state index contributed by atoms with van der Waals surface area (Å²) in [6, 6.07) is 16.6. The molecule has 1 heterocycles. The normalized spacial score (nSPS) is 10.8. The predicted molar refractivity (Wildman–Crippen MR) is 86.8 cm³/mol. The lowest BCUT2D eigenvalue weighted by Gasteiger charge is -2.00. The molecular formula is C16H15NOS2. The Bertz CT molecular complexity index is 694. The van der Waals surface area contributed by atoms with Crippen LogP contribution >= 0.6 is 23.1 Å². The van der Waals surface area contributed by atoms with Crippen LogP contribution in [-0.4, -0.2) is 11.6 Å². The standard InChI is InChI=1S/C16H15NOS2/c1-2-18-13-8-9-14-15(10-13)20-16(17-14)19-11-12-6-4-3-5-7-12/h3-10H,2,11H2,1H3. The van der Waals surface area contributed by atoms with E-state index in [2.05, 4.69) is 35.3 Å². The van der Waals surface area contributed by atoms with E-state index in [-0.39, 0.29) is 0 Å².